The molecule has 1 aliphatic heterocycles. The van der Waals surface area contributed by atoms with Crippen molar-refractivity contribution in [1.82, 2.24) is 4.90 Å². The van der Waals surface area contributed by atoms with E-state index in [9.17, 15) is 0 Å². The molecule has 0 aromatic heterocycles. The van der Waals surface area contributed by atoms with Crippen LogP contribution in [0.4, 0.5) is 0 Å². The summed E-state index contributed by atoms with van der Waals surface area (Å²) in [6, 6.07) is 10.6. The fourth-order valence-electron chi connectivity index (χ4n) is 4.36. The van der Waals surface area contributed by atoms with Crippen LogP contribution in [0.2, 0.25) is 0 Å². The molecule has 0 bridgehead atoms. The van der Waals surface area contributed by atoms with Crippen LogP contribution in [0.1, 0.15) is 45.1 Å². The van der Waals surface area contributed by atoms with Crippen molar-refractivity contribution in [2.75, 3.05) is 6.54 Å². The maximum Gasteiger partial charge on any atom is 0.192 e. The van der Waals surface area contributed by atoms with Crippen molar-refractivity contribution in [3.05, 3.63) is 35.9 Å². The Kier molecular flexibility index (Phi) is 3.92. The highest BCUT2D eigenvalue weighted by Crippen LogP contribution is 2.45. The molecule has 21 heavy (non-hydrogen) atoms. The van der Waals surface area contributed by atoms with Crippen molar-refractivity contribution in [2.24, 2.45) is 22.6 Å². The predicted octanol–water partition coefficient (Wildman–Crippen LogP) is 3.40. The summed E-state index contributed by atoms with van der Waals surface area (Å²) in [7, 11) is 0. The lowest BCUT2D eigenvalue weighted by Crippen LogP contribution is -2.58. The first kappa shape index (κ1) is 14.4. The van der Waals surface area contributed by atoms with Crippen molar-refractivity contribution < 1.29 is 0 Å². The molecule has 1 spiro atoms. The van der Waals surface area contributed by atoms with Gasteiger partial charge in [0.25, 0.3) is 0 Å². The first-order valence-corrected chi connectivity index (χ1v) is 8.25. The van der Waals surface area contributed by atoms with E-state index < -0.39 is 0 Å². The van der Waals surface area contributed by atoms with Crippen molar-refractivity contribution in [2.45, 2.75) is 51.6 Å². The van der Waals surface area contributed by atoms with Crippen LogP contribution in [0.5, 0.6) is 0 Å². The van der Waals surface area contributed by atoms with E-state index in [4.69, 9.17) is 5.73 Å². The van der Waals surface area contributed by atoms with E-state index in [0.29, 0.717) is 11.8 Å². The average molecular weight is 285 g/mol. The summed E-state index contributed by atoms with van der Waals surface area (Å²) < 4.78 is 0. The zero-order chi connectivity index (χ0) is 14.9. The van der Waals surface area contributed by atoms with Gasteiger partial charge in [-0.15, -0.1) is 0 Å². The fraction of sp³-hybridized carbons (Fsp3) is 0.611. The molecule has 1 aromatic rings. The number of hydrogen-bond donors (Lipinski definition) is 1. The molecule has 1 fully saturated rings. The van der Waals surface area contributed by atoms with Crippen LogP contribution in [0.15, 0.2) is 35.3 Å². The molecule has 0 amide bonds. The summed E-state index contributed by atoms with van der Waals surface area (Å²) in [6.45, 7) is 6.48. The molecule has 1 heterocycles. The minimum Gasteiger partial charge on any atom is -0.370 e. The summed E-state index contributed by atoms with van der Waals surface area (Å²) in [5.41, 5.74) is 7.75. The molecule has 2 unspecified atom stereocenters. The number of aliphatic imine (C=N–C) groups is 1. The maximum absolute atomic E-state index is 6.27. The number of nitrogens with zero attached hydrogens (tertiary/aromatic N) is 2. The molecule has 0 radical (unpaired) electrons. The Morgan fingerprint density at radius 2 is 2.05 bits per heavy atom. The molecule has 3 heteroatoms. The Labute approximate surface area is 128 Å². The minimum absolute atomic E-state index is 0.159. The smallest absolute Gasteiger partial charge is 0.192 e. The lowest BCUT2D eigenvalue weighted by Gasteiger charge is -2.49. The first-order chi connectivity index (χ1) is 10.1. The zero-order valence-corrected chi connectivity index (χ0v) is 13.3. The van der Waals surface area contributed by atoms with Crippen LogP contribution in [0.25, 0.3) is 0 Å². The second-order valence-electron chi connectivity index (χ2n) is 6.95. The van der Waals surface area contributed by atoms with Crippen molar-refractivity contribution in [1.29, 1.82) is 0 Å². The quantitative estimate of drug-likeness (QED) is 0.924. The topological polar surface area (TPSA) is 41.6 Å². The Morgan fingerprint density at radius 3 is 2.76 bits per heavy atom. The highest BCUT2D eigenvalue weighted by Gasteiger charge is 2.49. The van der Waals surface area contributed by atoms with E-state index >= 15 is 0 Å². The van der Waals surface area contributed by atoms with Gasteiger partial charge in [-0.3, -0.25) is 4.99 Å². The van der Waals surface area contributed by atoms with Gasteiger partial charge in [-0.25, -0.2) is 0 Å². The normalized spacial score (nSPS) is 29.2. The van der Waals surface area contributed by atoms with E-state index in [-0.39, 0.29) is 5.54 Å². The molecule has 1 aromatic carbocycles. The van der Waals surface area contributed by atoms with Crippen molar-refractivity contribution in [3.8, 4) is 0 Å². The average Bonchev–Trinajstić information content (AvgIpc) is 2.79. The zero-order valence-electron chi connectivity index (χ0n) is 13.3. The van der Waals surface area contributed by atoms with Gasteiger partial charge < -0.3 is 10.6 Å². The number of nitrogens with two attached hydrogens (primary N) is 1. The monoisotopic (exact) mass is 285 g/mol. The molecule has 1 aliphatic carbocycles. The largest absolute Gasteiger partial charge is 0.370 e. The maximum atomic E-state index is 6.27. The van der Waals surface area contributed by atoms with E-state index in [0.717, 1.165) is 19.0 Å². The molecule has 2 N–H and O–H groups in total. The van der Waals surface area contributed by atoms with E-state index in [2.05, 4.69) is 54.1 Å². The van der Waals surface area contributed by atoms with E-state index in [1.807, 2.05) is 0 Å². The number of rotatable bonds is 3. The summed E-state index contributed by atoms with van der Waals surface area (Å²) in [6.07, 6.45) is 5.19. The van der Waals surface area contributed by atoms with E-state index in [1.54, 1.807) is 0 Å². The van der Waals surface area contributed by atoms with Gasteiger partial charge in [0, 0.05) is 6.54 Å². The van der Waals surface area contributed by atoms with Crippen LogP contribution in [-0.4, -0.2) is 22.9 Å². The van der Waals surface area contributed by atoms with Crippen LogP contribution in [-0.2, 0) is 6.54 Å². The summed E-state index contributed by atoms with van der Waals surface area (Å²) in [5, 5.41) is 0. The van der Waals surface area contributed by atoms with E-state index in [1.165, 1.54) is 31.2 Å². The fourth-order valence-corrected chi connectivity index (χ4v) is 4.36. The third-order valence-corrected chi connectivity index (χ3v) is 5.38. The highest BCUT2D eigenvalue weighted by molar-refractivity contribution is 5.81. The highest BCUT2D eigenvalue weighted by atomic mass is 15.4. The number of benzene rings is 1. The molecule has 3 rings (SSSR count). The van der Waals surface area contributed by atoms with Gasteiger partial charge in [0.1, 0.15) is 0 Å². The third kappa shape index (κ3) is 2.54. The van der Waals surface area contributed by atoms with Crippen LogP contribution in [0.3, 0.4) is 0 Å². The second-order valence-corrected chi connectivity index (χ2v) is 6.95. The molecule has 114 valence electrons. The Bertz CT molecular complexity index is 508. The molecule has 2 aliphatic rings. The molecule has 1 saturated carbocycles. The van der Waals surface area contributed by atoms with Crippen LogP contribution in [0, 0.1) is 11.8 Å². The second kappa shape index (κ2) is 5.70. The lowest BCUT2D eigenvalue weighted by molar-refractivity contribution is 0.0404. The Balaban J connectivity index is 1.89. The molecule has 2 atom stereocenters. The summed E-state index contributed by atoms with van der Waals surface area (Å²) >= 11 is 0. The lowest BCUT2D eigenvalue weighted by atomic mass is 9.67. The standard InChI is InChI=1S/C18H27N3/c1-14(2)16-10-6-7-11-18(16)13-20-17(19)21(18)12-15-8-4-3-5-9-15/h3-5,8-9,14,16H,6-7,10-13H2,1-2H3,(H2,19,20). The molecular weight excluding hydrogens is 258 g/mol. The van der Waals surface area contributed by atoms with Gasteiger partial charge >= 0.3 is 0 Å². The molecule has 3 nitrogen and oxygen atoms in total. The molecular formula is C18H27N3. The van der Waals surface area contributed by atoms with Crippen molar-refractivity contribution in [3.63, 3.8) is 0 Å². The van der Waals surface area contributed by atoms with Gasteiger partial charge in [-0.05, 0) is 30.2 Å². The Morgan fingerprint density at radius 1 is 1.29 bits per heavy atom. The third-order valence-electron chi connectivity index (χ3n) is 5.38. The van der Waals surface area contributed by atoms with Gasteiger partial charge in [0.15, 0.2) is 5.96 Å². The van der Waals surface area contributed by atoms with Crippen LogP contribution < -0.4 is 5.73 Å². The minimum atomic E-state index is 0.159. The molecule has 0 saturated heterocycles. The Hall–Kier alpha value is -1.51. The van der Waals surface area contributed by atoms with Gasteiger partial charge in [-0.1, -0.05) is 57.0 Å². The van der Waals surface area contributed by atoms with Crippen LogP contribution >= 0.6 is 0 Å². The summed E-state index contributed by atoms with van der Waals surface area (Å²) in [4.78, 5) is 7.05. The first-order valence-electron chi connectivity index (χ1n) is 8.25. The van der Waals surface area contributed by atoms with Gasteiger partial charge in [-0.2, -0.15) is 0 Å². The summed E-state index contributed by atoms with van der Waals surface area (Å²) in [5.74, 6) is 2.12. The van der Waals surface area contributed by atoms with Gasteiger partial charge in [0.2, 0.25) is 0 Å². The predicted molar refractivity (Wildman–Crippen MR) is 88.0 cm³/mol. The van der Waals surface area contributed by atoms with Crippen molar-refractivity contribution >= 4 is 5.96 Å². The van der Waals surface area contributed by atoms with Gasteiger partial charge in [0.05, 0.1) is 12.1 Å². The number of guanidine groups is 1. The SMILES string of the molecule is CC(C)C1CCCCC12CN=C(N)N2Cc1ccccc1. The number of hydrogen-bond acceptors (Lipinski definition) is 3.